The Labute approximate surface area is 95.6 Å². The number of amides is 1. The van der Waals surface area contributed by atoms with Gasteiger partial charge in [0.2, 0.25) is 6.41 Å². The molecular weight excluding hydrogens is 230 g/mol. The molecule has 7 heteroatoms. The molecule has 0 atom stereocenters. The van der Waals surface area contributed by atoms with E-state index in [0.29, 0.717) is 17.2 Å². The van der Waals surface area contributed by atoms with Crippen LogP contribution in [0.25, 0.3) is 0 Å². The molecule has 0 aliphatic rings. The van der Waals surface area contributed by atoms with Gasteiger partial charge in [0, 0.05) is 5.38 Å². The Morgan fingerprint density at radius 2 is 2.62 bits per heavy atom. The molecule has 0 spiro atoms. The third kappa shape index (κ3) is 3.28. The van der Waals surface area contributed by atoms with Crippen LogP contribution < -0.4 is 5.32 Å². The SMILES string of the molecule is C=CCON=C([C]=O)c1csc(NC=O)n1. The lowest BCUT2D eigenvalue weighted by atomic mass is 10.3. The zero-order valence-electron chi connectivity index (χ0n) is 8.17. The Bertz CT molecular complexity index is 414. The second kappa shape index (κ2) is 6.46. The summed E-state index contributed by atoms with van der Waals surface area (Å²) in [4.78, 5) is 29.4. The van der Waals surface area contributed by atoms with E-state index in [2.05, 4.69) is 22.0 Å². The predicted molar refractivity (Wildman–Crippen MR) is 60.2 cm³/mol. The van der Waals surface area contributed by atoms with Gasteiger partial charge in [0.15, 0.2) is 10.8 Å². The van der Waals surface area contributed by atoms with Gasteiger partial charge in [-0.1, -0.05) is 17.8 Å². The van der Waals surface area contributed by atoms with Gasteiger partial charge in [0.1, 0.15) is 12.3 Å². The van der Waals surface area contributed by atoms with Crippen LogP contribution in [0.1, 0.15) is 5.69 Å². The van der Waals surface area contributed by atoms with Gasteiger partial charge in [-0.25, -0.2) is 4.98 Å². The number of oxime groups is 1. The van der Waals surface area contributed by atoms with Gasteiger partial charge in [-0.2, -0.15) is 0 Å². The Morgan fingerprint density at radius 1 is 1.81 bits per heavy atom. The summed E-state index contributed by atoms with van der Waals surface area (Å²) >= 11 is 1.17. The van der Waals surface area contributed by atoms with Crippen molar-refractivity contribution in [3.8, 4) is 0 Å². The highest BCUT2D eigenvalue weighted by Gasteiger charge is 2.09. The summed E-state index contributed by atoms with van der Waals surface area (Å²) in [5, 5.41) is 7.82. The average Bonchev–Trinajstić information content (AvgIpc) is 2.74. The molecule has 83 valence electrons. The molecule has 0 aromatic carbocycles. The maximum Gasteiger partial charge on any atom is 0.259 e. The lowest BCUT2D eigenvalue weighted by molar-refractivity contribution is -0.105. The first-order chi connectivity index (χ1) is 7.81. The van der Waals surface area contributed by atoms with Gasteiger partial charge >= 0.3 is 0 Å². The zero-order valence-corrected chi connectivity index (χ0v) is 8.99. The van der Waals surface area contributed by atoms with Crippen LogP contribution >= 0.6 is 11.3 Å². The van der Waals surface area contributed by atoms with Gasteiger partial charge in [-0.05, 0) is 0 Å². The van der Waals surface area contributed by atoms with Crippen molar-refractivity contribution in [1.29, 1.82) is 0 Å². The highest BCUT2D eigenvalue weighted by Crippen LogP contribution is 2.14. The molecule has 0 saturated heterocycles. The molecule has 1 amide bonds. The van der Waals surface area contributed by atoms with Crippen LogP contribution in [0.3, 0.4) is 0 Å². The van der Waals surface area contributed by atoms with E-state index in [1.165, 1.54) is 17.4 Å². The molecule has 0 unspecified atom stereocenters. The second-order valence-corrected chi connectivity index (χ2v) is 3.28. The molecular formula is C9H8N3O3S. The van der Waals surface area contributed by atoms with Crippen LogP contribution in [0.2, 0.25) is 0 Å². The smallest absolute Gasteiger partial charge is 0.259 e. The van der Waals surface area contributed by atoms with Gasteiger partial charge < -0.3 is 10.2 Å². The fraction of sp³-hybridized carbons (Fsp3) is 0.111. The summed E-state index contributed by atoms with van der Waals surface area (Å²) in [7, 11) is 0. The topological polar surface area (TPSA) is 80.6 Å². The quantitative estimate of drug-likeness (QED) is 0.249. The first kappa shape index (κ1) is 12.1. The van der Waals surface area contributed by atoms with Gasteiger partial charge in [-0.3, -0.25) is 9.59 Å². The van der Waals surface area contributed by atoms with E-state index in [-0.39, 0.29) is 12.3 Å². The molecule has 0 saturated carbocycles. The maximum absolute atomic E-state index is 10.6. The number of rotatable bonds is 7. The van der Waals surface area contributed by atoms with Crippen LogP contribution in [0.5, 0.6) is 0 Å². The standard InChI is InChI=1S/C9H8N3O3S/c1-2-3-15-12-7(4-13)8-5-16-9(11-8)10-6-14/h2,5-6H,1,3H2,(H,10,11,14). The number of nitrogens with zero attached hydrogens (tertiary/aromatic N) is 2. The van der Waals surface area contributed by atoms with Crippen molar-refractivity contribution in [1.82, 2.24) is 4.98 Å². The number of anilines is 1. The Kier molecular flexibility index (Phi) is 4.87. The number of thiazole rings is 1. The van der Waals surface area contributed by atoms with Crippen LogP contribution in [-0.2, 0) is 14.4 Å². The minimum absolute atomic E-state index is 0.0583. The summed E-state index contributed by atoms with van der Waals surface area (Å²) in [6, 6.07) is 0. The van der Waals surface area contributed by atoms with Crippen molar-refractivity contribution in [3.05, 3.63) is 23.7 Å². The summed E-state index contributed by atoms with van der Waals surface area (Å²) in [6.45, 7) is 3.62. The van der Waals surface area contributed by atoms with Crippen molar-refractivity contribution < 1.29 is 14.4 Å². The molecule has 1 radical (unpaired) electrons. The monoisotopic (exact) mass is 238 g/mol. The summed E-state index contributed by atoms with van der Waals surface area (Å²) in [5.74, 6) is 0. The van der Waals surface area contributed by atoms with E-state index in [0.717, 1.165) is 0 Å². The largest absolute Gasteiger partial charge is 0.391 e. The summed E-state index contributed by atoms with van der Waals surface area (Å²) in [5.41, 5.74) is 0.241. The Balaban J connectivity index is 2.77. The Hall–Kier alpha value is -2.02. The lowest BCUT2D eigenvalue weighted by Gasteiger charge is -1.94. The fourth-order valence-corrected chi connectivity index (χ4v) is 1.43. The summed E-state index contributed by atoms with van der Waals surface area (Å²) in [6.07, 6.45) is 3.59. The van der Waals surface area contributed by atoms with Gasteiger partial charge in [-0.15, -0.1) is 11.3 Å². The van der Waals surface area contributed by atoms with Gasteiger partial charge in [0.25, 0.3) is 6.29 Å². The number of aromatic nitrogens is 1. The number of carbonyl (C=O) groups excluding carboxylic acids is 2. The number of hydrogen-bond donors (Lipinski definition) is 1. The maximum atomic E-state index is 10.6. The van der Waals surface area contributed by atoms with E-state index in [1.54, 1.807) is 11.7 Å². The highest BCUT2D eigenvalue weighted by molar-refractivity contribution is 7.14. The molecule has 1 rings (SSSR count). The van der Waals surface area contributed by atoms with Crippen LogP contribution in [0.4, 0.5) is 5.13 Å². The third-order valence-corrected chi connectivity index (χ3v) is 2.15. The van der Waals surface area contributed by atoms with Gasteiger partial charge in [0.05, 0.1) is 0 Å². The minimum Gasteiger partial charge on any atom is -0.391 e. The second-order valence-electron chi connectivity index (χ2n) is 2.43. The molecule has 0 aliphatic heterocycles. The lowest BCUT2D eigenvalue weighted by Crippen LogP contribution is -2.04. The van der Waals surface area contributed by atoms with E-state index in [9.17, 15) is 9.59 Å². The van der Waals surface area contributed by atoms with E-state index in [1.807, 2.05) is 0 Å². The molecule has 1 N–H and O–H groups in total. The number of hydrogen-bond acceptors (Lipinski definition) is 6. The first-order valence-electron chi connectivity index (χ1n) is 4.17. The normalized spacial score (nSPS) is 10.6. The third-order valence-electron chi connectivity index (χ3n) is 1.37. The van der Waals surface area contributed by atoms with E-state index in [4.69, 9.17) is 4.84 Å². The molecule has 1 heterocycles. The molecule has 6 nitrogen and oxygen atoms in total. The van der Waals surface area contributed by atoms with E-state index >= 15 is 0 Å². The average molecular weight is 238 g/mol. The van der Waals surface area contributed by atoms with Crippen molar-refractivity contribution >= 4 is 34.9 Å². The molecule has 0 aliphatic carbocycles. The number of carbonyl (C=O) groups is 1. The van der Waals surface area contributed by atoms with Crippen molar-refractivity contribution in [2.24, 2.45) is 5.16 Å². The summed E-state index contributed by atoms with van der Waals surface area (Å²) < 4.78 is 0. The fourth-order valence-electron chi connectivity index (χ4n) is 0.771. The highest BCUT2D eigenvalue weighted by atomic mass is 32.1. The first-order valence-corrected chi connectivity index (χ1v) is 5.05. The predicted octanol–water partition coefficient (Wildman–Crippen LogP) is 0.728. The molecule has 0 bridgehead atoms. The number of nitrogens with one attached hydrogen (secondary N) is 1. The van der Waals surface area contributed by atoms with E-state index < -0.39 is 0 Å². The Morgan fingerprint density at radius 3 is 3.25 bits per heavy atom. The molecule has 0 fully saturated rings. The van der Waals surface area contributed by atoms with Crippen LogP contribution in [0, 0.1) is 0 Å². The van der Waals surface area contributed by atoms with Crippen LogP contribution in [0.15, 0.2) is 23.2 Å². The van der Waals surface area contributed by atoms with Crippen molar-refractivity contribution in [3.63, 3.8) is 0 Å². The van der Waals surface area contributed by atoms with Crippen molar-refractivity contribution in [2.45, 2.75) is 0 Å². The molecule has 1 aromatic rings. The van der Waals surface area contributed by atoms with Crippen LogP contribution in [-0.4, -0.2) is 30.0 Å². The zero-order chi connectivity index (χ0) is 11.8. The molecule has 1 aromatic heterocycles. The minimum atomic E-state index is -0.0583. The van der Waals surface area contributed by atoms with Crippen molar-refractivity contribution in [2.75, 3.05) is 11.9 Å². The molecule has 16 heavy (non-hydrogen) atoms.